The van der Waals surface area contributed by atoms with E-state index in [0.29, 0.717) is 0 Å². The van der Waals surface area contributed by atoms with E-state index in [9.17, 15) is 0 Å². The highest BCUT2D eigenvalue weighted by Gasteiger charge is 2.21. The average Bonchev–Trinajstić information content (AvgIpc) is 3.06. The number of anilines is 6. The highest BCUT2D eigenvalue weighted by atomic mass is 15.1. The molecule has 8 rings (SSSR count). The molecule has 8 aromatic carbocycles. The second-order valence-electron chi connectivity index (χ2n) is 11.5. The monoisotopic (exact) mass is 563 g/mol. The molecule has 8 aromatic rings. The van der Waals surface area contributed by atoms with Gasteiger partial charge in [0.05, 0.1) is 11.4 Å². The topological polar surface area (TPSA) is 6.48 Å². The lowest BCUT2D eigenvalue weighted by Gasteiger charge is -2.29. The number of nitrogens with zero attached hydrogens (tertiary/aromatic N) is 2. The van der Waals surface area contributed by atoms with Crippen LogP contribution >= 0.6 is 0 Å². The van der Waals surface area contributed by atoms with Crippen LogP contribution in [0, 0.1) is 19.9 Å². The number of para-hydroxylation sites is 2. The van der Waals surface area contributed by atoms with Crippen LogP contribution in [0.2, 0.25) is 0 Å². The summed E-state index contributed by atoms with van der Waals surface area (Å²) >= 11 is 0. The number of hydrogen-bond acceptors (Lipinski definition) is 2. The summed E-state index contributed by atoms with van der Waals surface area (Å²) in [7, 11) is 0. The van der Waals surface area contributed by atoms with E-state index in [0.717, 1.165) is 34.1 Å². The molecule has 0 fully saturated rings. The number of benzene rings is 8. The molecule has 2 heteroatoms. The summed E-state index contributed by atoms with van der Waals surface area (Å²) in [6.45, 7) is 4.30. The molecule has 0 aliphatic heterocycles. The molecule has 209 valence electrons. The van der Waals surface area contributed by atoms with Gasteiger partial charge in [-0.05, 0) is 107 Å². The molecule has 0 heterocycles. The Hall–Kier alpha value is -5.60. The predicted octanol–water partition coefficient (Wildman–Crippen LogP) is 11.9. The molecule has 0 saturated heterocycles. The van der Waals surface area contributed by atoms with Crippen LogP contribution in [0.5, 0.6) is 0 Å². The molecule has 44 heavy (non-hydrogen) atoms. The number of aryl methyl sites for hydroxylation is 2. The Balaban J connectivity index is 1.42. The van der Waals surface area contributed by atoms with Gasteiger partial charge in [-0.15, -0.1) is 0 Å². The summed E-state index contributed by atoms with van der Waals surface area (Å²) in [5.74, 6) is 0. The summed E-state index contributed by atoms with van der Waals surface area (Å²) in [5.41, 5.74) is 9.19. The predicted molar refractivity (Wildman–Crippen MR) is 188 cm³/mol. The molecule has 0 unspecified atom stereocenters. The Labute approximate surface area is 258 Å². The third kappa shape index (κ3) is 4.35. The minimum absolute atomic E-state index is 1.05. The molecule has 0 saturated carbocycles. The van der Waals surface area contributed by atoms with Gasteiger partial charge in [0.15, 0.2) is 0 Å². The third-order valence-electron chi connectivity index (χ3n) is 8.55. The third-order valence-corrected chi connectivity index (χ3v) is 8.55. The molecule has 0 amide bonds. The van der Waals surface area contributed by atoms with Gasteiger partial charge in [0.25, 0.3) is 0 Å². The molecule has 0 spiro atoms. The van der Waals surface area contributed by atoms with Crippen LogP contribution in [-0.2, 0) is 0 Å². The van der Waals surface area contributed by atoms with Crippen LogP contribution in [0.3, 0.4) is 0 Å². The van der Waals surface area contributed by atoms with Crippen molar-refractivity contribution in [2.24, 2.45) is 0 Å². The summed E-state index contributed by atoms with van der Waals surface area (Å²) in [4.78, 5) is 4.72. The SMILES string of the molecule is Cc1cccc(N(c2ccccc2)c2[c]cc3ccc4ccc(N(c5ccccc5)c5cccc(C)c5)c5ccc2c3c45)c1. The quantitative estimate of drug-likeness (QED) is 0.186. The van der Waals surface area contributed by atoms with Gasteiger partial charge in [-0.25, -0.2) is 0 Å². The van der Waals surface area contributed by atoms with Gasteiger partial charge in [-0.2, -0.15) is 0 Å². The maximum atomic E-state index is 3.70. The molecule has 0 atom stereocenters. The average molecular weight is 564 g/mol. The first-order valence-corrected chi connectivity index (χ1v) is 15.1. The van der Waals surface area contributed by atoms with Gasteiger partial charge in [0, 0.05) is 39.6 Å². The van der Waals surface area contributed by atoms with Gasteiger partial charge in [-0.1, -0.05) is 91.0 Å². The minimum atomic E-state index is 1.05. The van der Waals surface area contributed by atoms with Crippen molar-refractivity contribution in [3.05, 3.63) is 169 Å². The summed E-state index contributed by atoms with van der Waals surface area (Å²) < 4.78 is 0. The fraction of sp³-hybridized carbons (Fsp3) is 0.0476. The van der Waals surface area contributed by atoms with Crippen molar-refractivity contribution in [3.8, 4) is 0 Å². The van der Waals surface area contributed by atoms with E-state index in [-0.39, 0.29) is 0 Å². The van der Waals surface area contributed by atoms with Gasteiger partial charge in [0.2, 0.25) is 0 Å². The summed E-state index contributed by atoms with van der Waals surface area (Å²) in [6, 6.07) is 58.2. The van der Waals surface area contributed by atoms with Crippen LogP contribution in [0.4, 0.5) is 34.1 Å². The van der Waals surface area contributed by atoms with E-state index in [1.165, 1.54) is 43.4 Å². The van der Waals surface area contributed by atoms with Crippen molar-refractivity contribution in [2.45, 2.75) is 13.8 Å². The molecule has 0 aliphatic carbocycles. The van der Waals surface area contributed by atoms with E-state index >= 15 is 0 Å². The number of rotatable bonds is 6. The number of hydrogen-bond donors (Lipinski definition) is 0. The van der Waals surface area contributed by atoms with Crippen LogP contribution < -0.4 is 9.80 Å². The Kier molecular flexibility index (Phi) is 6.27. The van der Waals surface area contributed by atoms with E-state index in [4.69, 9.17) is 0 Å². The molecule has 0 N–H and O–H groups in total. The van der Waals surface area contributed by atoms with Gasteiger partial charge in [0.1, 0.15) is 0 Å². The molecular formula is C42H31N2. The highest BCUT2D eigenvalue weighted by molar-refractivity contribution is 6.28. The zero-order valence-corrected chi connectivity index (χ0v) is 24.8. The maximum absolute atomic E-state index is 3.70. The Morgan fingerprint density at radius 3 is 1.61 bits per heavy atom. The van der Waals surface area contributed by atoms with Crippen LogP contribution in [0.25, 0.3) is 32.3 Å². The van der Waals surface area contributed by atoms with Gasteiger partial charge >= 0.3 is 0 Å². The first kappa shape index (κ1) is 26.1. The first-order valence-electron chi connectivity index (χ1n) is 15.1. The molecular weight excluding hydrogens is 532 g/mol. The smallest absolute Gasteiger partial charge is 0.0619 e. The summed E-state index contributed by atoms with van der Waals surface area (Å²) in [5, 5.41) is 7.38. The van der Waals surface area contributed by atoms with E-state index < -0.39 is 0 Å². The van der Waals surface area contributed by atoms with Gasteiger partial charge < -0.3 is 9.80 Å². The highest BCUT2D eigenvalue weighted by Crippen LogP contribution is 2.47. The van der Waals surface area contributed by atoms with Crippen molar-refractivity contribution >= 4 is 66.4 Å². The lowest BCUT2D eigenvalue weighted by Crippen LogP contribution is -2.11. The van der Waals surface area contributed by atoms with Crippen molar-refractivity contribution in [1.29, 1.82) is 0 Å². The fourth-order valence-corrected chi connectivity index (χ4v) is 6.60. The van der Waals surface area contributed by atoms with Crippen LogP contribution in [0.1, 0.15) is 11.1 Å². The zero-order valence-electron chi connectivity index (χ0n) is 24.8. The van der Waals surface area contributed by atoms with Crippen molar-refractivity contribution < 1.29 is 0 Å². The molecule has 0 aromatic heterocycles. The second kappa shape index (κ2) is 10.6. The maximum Gasteiger partial charge on any atom is 0.0619 e. The summed E-state index contributed by atoms with van der Waals surface area (Å²) in [6.07, 6.45) is 0. The van der Waals surface area contributed by atoms with E-state index in [1.54, 1.807) is 0 Å². The normalized spacial score (nSPS) is 11.4. The molecule has 2 nitrogen and oxygen atoms in total. The Morgan fingerprint density at radius 2 is 0.955 bits per heavy atom. The van der Waals surface area contributed by atoms with Crippen molar-refractivity contribution in [3.63, 3.8) is 0 Å². The lowest BCUT2D eigenvalue weighted by atomic mass is 9.91. The zero-order chi connectivity index (χ0) is 29.6. The fourth-order valence-electron chi connectivity index (χ4n) is 6.60. The van der Waals surface area contributed by atoms with Crippen LogP contribution in [0.15, 0.2) is 152 Å². The second-order valence-corrected chi connectivity index (χ2v) is 11.5. The van der Waals surface area contributed by atoms with Crippen molar-refractivity contribution in [1.82, 2.24) is 0 Å². The Morgan fingerprint density at radius 1 is 0.432 bits per heavy atom. The standard InChI is InChI=1S/C42H31N2/c1-29-11-9-17-35(27-29)43(33-13-5-3-6-14-33)39-25-21-31-19-20-32-22-26-40(38-24-23-37(39)41(31)42(32)38)44(34-15-7-4-8-16-34)36-18-10-12-30(2)28-36/h3-25,27-28H,1-2H3. The lowest BCUT2D eigenvalue weighted by molar-refractivity contribution is 1.28. The Bertz CT molecular complexity index is 2090. The van der Waals surface area contributed by atoms with Crippen LogP contribution in [-0.4, -0.2) is 0 Å². The van der Waals surface area contributed by atoms with Gasteiger partial charge in [-0.3, -0.25) is 0 Å². The molecule has 0 aliphatic rings. The van der Waals surface area contributed by atoms with E-state index in [1.807, 2.05) is 0 Å². The van der Waals surface area contributed by atoms with Crippen molar-refractivity contribution in [2.75, 3.05) is 9.80 Å². The molecule has 1 radical (unpaired) electrons. The largest absolute Gasteiger partial charge is 0.310 e. The van der Waals surface area contributed by atoms with E-state index in [2.05, 4.69) is 181 Å². The molecule has 0 bridgehead atoms. The first-order chi connectivity index (χ1) is 21.7. The minimum Gasteiger partial charge on any atom is -0.310 e.